The second kappa shape index (κ2) is 7.28. The van der Waals surface area contributed by atoms with E-state index in [1.807, 2.05) is 37.3 Å². The molecule has 0 saturated carbocycles. The van der Waals surface area contributed by atoms with E-state index in [9.17, 15) is 4.79 Å². The molecule has 2 atom stereocenters. The highest BCUT2D eigenvalue weighted by atomic mass is 35.5. The van der Waals surface area contributed by atoms with Crippen LogP contribution in [0.3, 0.4) is 0 Å². The van der Waals surface area contributed by atoms with E-state index in [4.69, 9.17) is 11.6 Å². The van der Waals surface area contributed by atoms with Gasteiger partial charge in [0.15, 0.2) is 0 Å². The SMILES string of the molecule is CCC(NC(=O)C(Cl)c1ccccc1)c1ccc(C)cc1. The van der Waals surface area contributed by atoms with Gasteiger partial charge >= 0.3 is 0 Å². The Bertz CT molecular complexity index is 580. The summed E-state index contributed by atoms with van der Waals surface area (Å²) in [7, 11) is 0. The molecule has 2 unspecified atom stereocenters. The minimum atomic E-state index is -0.661. The highest BCUT2D eigenvalue weighted by Crippen LogP contribution is 2.23. The molecule has 1 amide bonds. The number of hydrogen-bond acceptors (Lipinski definition) is 1. The van der Waals surface area contributed by atoms with Crippen molar-refractivity contribution < 1.29 is 4.79 Å². The fourth-order valence-electron chi connectivity index (χ4n) is 2.24. The Labute approximate surface area is 131 Å². The third kappa shape index (κ3) is 4.08. The maximum Gasteiger partial charge on any atom is 0.243 e. The van der Waals surface area contributed by atoms with Gasteiger partial charge in [0.1, 0.15) is 5.38 Å². The minimum Gasteiger partial charge on any atom is -0.348 e. The molecule has 0 spiro atoms. The summed E-state index contributed by atoms with van der Waals surface area (Å²) in [6, 6.07) is 17.6. The molecule has 3 heteroatoms. The van der Waals surface area contributed by atoms with E-state index in [2.05, 4.69) is 36.5 Å². The Balaban J connectivity index is 2.08. The first kappa shape index (κ1) is 15.6. The van der Waals surface area contributed by atoms with Crippen LogP contribution in [0.2, 0.25) is 0 Å². The van der Waals surface area contributed by atoms with Crippen LogP contribution >= 0.6 is 11.6 Å². The molecule has 0 saturated heterocycles. The van der Waals surface area contributed by atoms with Gasteiger partial charge in [-0.05, 0) is 24.5 Å². The number of hydrogen-bond donors (Lipinski definition) is 1. The molecular weight excluding hydrogens is 282 g/mol. The van der Waals surface area contributed by atoms with Crippen LogP contribution in [0.15, 0.2) is 54.6 Å². The van der Waals surface area contributed by atoms with Crippen molar-refractivity contribution >= 4 is 17.5 Å². The van der Waals surface area contributed by atoms with E-state index in [1.54, 1.807) is 0 Å². The number of amides is 1. The Morgan fingerprint density at radius 3 is 2.24 bits per heavy atom. The summed E-state index contributed by atoms with van der Waals surface area (Å²) < 4.78 is 0. The van der Waals surface area contributed by atoms with E-state index in [1.165, 1.54) is 5.56 Å². The number of aryl methyl sites for hydroxylation is 1. The number of carbonyl (C=O) groups is 1. The average molecular weight is 302 g/mol. The Morgan fingerprint density at radius 2 is 1.67 bits per heavy atom. The first-order valence-corrected chi connectivity index (χ1v) is 7.61. The molecule has 0 fully saturated rings. The fraction of sp³-hybridized carbons (Fsp3) is 0.278. The van der Waals surface area contributed by atoms with Gasteiger partial charge in [-0.1, -0.05) is 67.1 Å². The van der Waals surface area contributed by atoms with E-state index < -0.39 is 5.38 Å². The molecule has 0 aliphatic rings. The molecule has 0 aliphatic carbocycles. The van der Waals surface area contributed by atoms with Gasteiger partial charge in [0.05, 0.1) is 6.04 Å². The normalized spacial score (nSPS) is 13.5. The van der Waals surface area contributed by atoms with Crippen LogP contribution < -0.4 is 5.32 Å². The molecule has 1 N–H and O–H groups in total. The zero-order valence-corrected chi connectivity index (χ0v) is 13.1. The Morgan fingerprint density at radius 1 is 1.05 bits per heavy atom. The lowest BCUT2D eigenvalue weighted by Gasteiger charge is -2.20. The van der Waals surface area contributed by atoms with Crippen LogP contribution in [-0.2, 0) is 4.79 Å². The first-order valence-electron chi connectivity index (χ1n) is 7.17. The number of nitrogens with one attached hydrogen (secondary N) is 1. The van der Waals surface area contributed by atoms with Crippen molar-refractivity contribution in [2.75, 3.05) is 0 Å². The van der Waals surface area contributed by atoms with Gasteiger partial charge in [-0.2, -0.15) is 0 Å². The minimum absolute atomic E-state index is 0.0111. The predicted molar refractivity (Wildman–Crippen MR) is 87.4 cm³/mol. The molecular formula is C18H20ClNO. The van der Waals surface area contributed by atoms with Crippen LogP contribution in [0.1, 0.15) is 41.5 Å². The third-order valence-corrected chi connectivity index (χ3v) is 3.98. The van der Waals surface area contributed by atoms with E-state index in [0.29, 0.717) is 0 Å². The largest absolute Gasteiger partial charge is 0.348 e. The zero-order valence-electron chi connectivity index (χ0n) is 12.3. The van der Waals surface area contributed by atoms with Gasteiger partial charge in [0.25, 0.3) is 0 Å². The molecule has 0 aliphatic heterocycles. The number of benzene rings is 2. The van der Waals surface area contributed by atoms with Crippen LogP contribution in [-0.4, -0.2) is 5.91 Å². The van der Waals surface area contributed by atoms with Crippen molar-refractivity contribution in [2.24, 2.45) is 0 Å². The van der Waals surface area contributed by atoms with Crippen molar-refractivity contribution in [1.82, 2.24) is 5.32 Å². The molecule has 2 rings (SSSR count). The van der Waals surface area contributed by atoms with Gasteiger partial charge in [-0.3, -0.25) is 4.79 Å². The monoisotopic (exact) mass is 301 g/mol. The highest BCUT2D eigenvalue weighted by molar-refractivity contribution is 6.30. The second-order valence-corrected chi connectivity index (χ2v) is 5.59. The summed E-state index contributed by atoms with van der Waals surface area (Å²) >= 11 is 6.26. The number of alkyl halides is 1. The number of rotatable bonds is 5. The summed E-state index contributed by atoms with van der Waals surface area (Å²) in [5, 5.41) is 2.37. The van der Waals surface area contributed by atoms with Crippen molar-refractivity contribution in [3.8, 4) is 0 Å². The predicted octanol–water partition coefficient (Wildman–Crippen LogP) is 4.54. The Kier molecular flexibility index (Phi) is 5.40. The topological polar surface area (TPSA) is 29.1 Å². The fourth-order valence-corrected chi connectivity index (χ4v) is 2.45. The molecule has 2 aromatic rings. The summed E-state index contributed by atoms with van der Waals surface area (Å²) in [5.41, 5.74) is 3.13. The summed E-state index contributed by atoms with van der Waals surface area (Å²) in [4.78, 5) is 12.3. The average Bonchev–Trinajstić information content (AvgIpc) is 2.53. The summed E-state index contributed by atoms with van der Waals surface area (Å²) in [6.07, 6.45) is 0.827. The third-order valence-electron chi connectivity index (χ3n) is 3.53. The molecule has 0 radical (unpaired) electrons. The van der Waals surface area contributed by atoms with E-state index in [0.717, 1.165) is 17.5 Å². The van der Waals surface area contributed by atoms with Crippen LogP contribution in [0, 0.1) is 6.92 Å². The van der Waals surface area contributed by atoms with E-state index in [-0.39, 0.29) is 11.9 Å². The van der Waals surface area contributed by atoms with Crippen LogP contribution in [0.4, 0.5) is 0 Å². The van der Waals surface area contributed by atoms with Gasteiger partial charge < -0.3 is 5.32 Å². The van der Waals surface area contributed by atoms with E-state index >= 15 is 0 Å². The van der Waals surface area contributed by atoms with Gasteiger partial charge in [-0.15, -0.1) is 11.6 Å². The van der Waals surface area contributed by atoms with Crippen molar-refractivity contribution in [3.05, 3.63) is 71.3 Å². The molecule has 0 aromatic heterocycles. The molecule has 21 heavy (non-hydrogen) atoms. The Hall–Kier alpha value is -1.80. The smallest absolute Gasteiger partial charge is 0.243 e. The molecule has 0 bridgehead atoms. The lowest BCUT2D eigenvalue weighted by atomic mass is 10.0. The van der Waals surface area contributed by atoms with Crippen molar-refractivity contribution in [2.45, 2.75) is 31.7 Å². The lowest BCUT2D eigenvalue weighted by Crippen LogP contribution is -2.30. The van der Waals surface area contributed by atoms with Gasteiger partial charge in [0, 0.05) is 0 Å². The summed E-state index contributed by atoms with van der Waals surface area (Å²) in [5.74, 6) is -0.157. The zero-order chi connectivity index (χ0) is 15.2. The maximum atomic E-state index is 12.3. The standard InChI is InChI=1S/C18H20ClNO/c1-3-16(14-11-9-13(2)10-12-14)20-18(21)17(19)15-7-5-4-6-8-15/h4-12,16-17H,3H2,1-2H3,(H,20,21). The quantitative estimate of drug-likeness (QED) is 0.807. The first-order chi connectivity index (χ1) is 10.1. The molecule has 2 aromatic carbocycles. The van der Waals surface area contributed by atoms with Crippen molar-refractivity contribution in [3.63, 3.8) is 0 Å². The molecule has 110 valence electrons. The lowest BCUT2D eigenvalue weighted by molar-refractivity contribution is -0.121. The van der Waals surface area contributed by atoms with Crippen molar-refractivity contribution in [1.29, 1.82) is 0 Å². The van der Waals surface area contributed by atoms with Crippen LogP contribution in [0.5, 0.6) is 0 Å². The molecule has 0 heterocycles. The summed E-state index contributed by atoms with van der Waals surface area (Å²) in [6.45, 7) is 4.10. The van der Waals surface area contributed by atoms with Gasteiger partial charge in [-0.25, -0.2) is 0 Å². The highest BCUT2D eigenvalue weighted by Gasteiger charge is 2.20. The maximum absolute atomic E-state index is 12.3. The second-order valence-electron chi connectivity index (χ2n) is 5.15. The number of halogens is 1. The van der Waals surface area contributed by atoms with Gasteiger partial charge in [0.2, 0.25) is 5.91 Å². The number of carbonyl (C=O) groups excluding carboxylic acids is 1. The molecule has 2 nitrogen and oxygen atoms in total. The van der Waals surface area contributed by atoms with Crippen LogP contribution in [0.25, 0.3) is 0 Å².